The predicted octanol–water partition coefficient (Wildman–Crippen LogP) is 1.81. The molecule has 0 fully saturated rings. The summed E-state index contributed by atoms with van der Waals surface area (Å²) < 4.78 is 12.6. The van der Waals surface area contributed by atoms with Crippen molar-refractivity contribution in [3.05, 3.63) is 66.0 Å². The van der Waals surface area contributed by atoms with Gasteiger partial charge in [-0.3, -0.25) is 14.4 Å². The van der Waals surface area contributed by atoms with E-state index in [1.807, 2.05) is 37.3 Å². The second-order valence-electron chi connectivity index (χ2n) is 8.91. The molecule has 4 rings (SSSR count). The average molecular weight is 521 g/mol. The maximum absolute atomic E-state index is 13.0. The van der Waals surface area contributed by atoms with Crippen LogP contribution in [0.4, 0.5) is 0 Å². The molecule has 1 atom stereocenters. The minimum Gasteiger partial charge on any atom is -0.492 e. The van der Waals surface area contributed by atoms with Crippen molar-refractivity contribution in [2.45, 2.75) is 25.9 Å². The van der Waals surface area contributed by atoms with Gasteiger partial charge < -0.3 is 25.0 Å². The van der Waals surface area contributed by atoms with Gasteiger partial charge >= 0.3 is 0 Å². The summed E-state index contributed by atoms with van der Waals surface area (Å²) in [6.45, 7) is 2.79. The van der Waals surface area contributed by atoms with E-state index in [1.54, 1.807) is 28.9 Å². The molecule has 11 nitrogen and oxygen atoms in total. The van der Waals surface area contributed by atoms with Crippen LogP contribution in [0.2, 0.25) is 0 Å². The van der Waals surface area contributed by atoms with Crippen molar-refractivity contribution < 1.29 is 23.9 Å². The Morgan fingerprint density at radius 3 is 2.68 bits per heavy atom. The van der Waals surface area contributed by atoms with E-state index in [-0.39, 0.29) is 44.0 Å². The molecule has 1 aliphatic rings. The largest absolute Gasteiger partial charge is 0.492 e. The number of carbonyl (C=O) groups is 3. The highest BCUT2D eigenvalue weighted by molar-refractivity contribution is 5.94. The number of amides is 3. The Morgan fingerprint density at radius 2 is 1.89 bits per heavy atom. The zero-order chi connectivity index (χ0) is 26.9. The minimum absolute atomic E-state index is 0.142. The summed E-state index contributed by atoms with van der Waals surface area (Å²) >= 11 is 0. The topological polar surface area (TPSA) is 128 Å². The Bertz CT molecular complexity index is 1260. The van der Waals surface area contributed by atoms with Gasteiger partial charge in [-0.25, -0.2) is 9.67 Å². The first-order valence-corrected chi connectivity index (χ1v) is 12.5. The Labute approximate surface area is 221 Å². The zero-order valence-electron chi connectivity index (χ0n) is 21.6. The van der Waals surface area contributed by atoms with Crippen LogP contribution in [0.15, 0.2) is 54.6 Å². The Hall–Kier alpha value is -4.25. The van der Waals surface area contributed by atoms with Crippen LogP contribution >= 0.6 is 0 Å². The molecule has 2 heterocycles. The van der Waals surface area contributed by atoms with Crippen LogP contribution in [0.5, 0.6) is 5.75 Å². The van der Waals surface area contributed by atoms with Gasteiger partial charge in [-0.1, -0.05) is 36.4 Å². The van der Waals surface area contributed by atoms with E-state index in [9.17, 15) is 14.4 Å². The molecular weight excluding hydrogens is 488 g/mol. The van der Waals surface area contributed by atoms with E-state index < -0.39 is 6.04 Å². The number of benzene rings is 2. The number of methoxy groups -OCH3 is 1. The monoisotopic (exact) mass is 520 g/mol. The molecule has 0 saturated carbocycles. The lowest BCUT2D eigenvalue weighted by Gasteiger charge is -2.23. The molecule has 38 heavy (non-hydrogen) atoms. The fourth-order valence-electron chi connectivity index (χ4n) is 4.13. The molecular formula is C27H32N6O5. The van der Waals surface area contributed by atoms with E-state index in [0.29, 0.717) is 42.5 Å². The third-order valence-corrected chi connectivity index (χ3v) is 6.01. The number of aromatic nitrogens is 3. The lowest BCUT2D eigenvalue weighted by Crippen LogP contribution is -2.44. The second kappa shape index (κ2) is 12.8. The van der Waals surface area contributed by atoms with Crippen LogP contribution in [0, 0.1) is 0 Å². The van der Waals surface area contributed by atoms with E-state index in [0.717, 1.165) is 5.56 Å². The van der Waals surface area contributed by atoms with Crippen LogP contribution < -0.4 is 15.4 Å². The summed E-state index contributed by atoms with van der Waals surface area (Å²) in [5, 5.41) is 10.5. The molecule has 2 aromatic carbocycles. The highest BCUT2D eigenvalue weighted by atomic mass is 16.5. The summed E-state index contributed by atoms with van der Waals surface area (Å²) in [4.78, 5) is 44.3. The summed E-state index contributed by atoms with van der Waals surface area (Å²) in [7, 11) is 1.43. The lowest BCUT2D eigenvalue weighted by molar-refractivity contribution is -0.139. The van der Waals surface area contributed by atoms with Gasteiger partial charge in [0, 0.05) is 31.3 Å². The Kier molecular flexibility index (Phi) is 9.04. The molecule has 2 N–H and O–H groups in total. The SMILES string of the molecule is COCC(=O)N1CCCNC(=O)c2cccc(c2)OCCn2nc(-c3ccccc3)nc2[C@H](C)NC(=O)C1. The number of hydrogen-bond donors (Lipinski definition) is 2. The third kappa shape index (κ3) is 6.94. The molecule has 11 heteroatoms. The molecule has 0 saturated heterocycles. The number of hydrogen-bond acceptors (Lipinski definition) is 7. The van der Waals surface area contributed by atoms with Crippen LogP contribution in [0.1, 0.15) is 35.6 Å². The molecule has 3 amide bonds. The van der Waals surface area contributed by atoms with Gasteiger partial charge in [-0.15, -0.1) is 0 Å². The van der Waals surface area contributed by atoms with E-state index in [4.69, 9.17) is 14.5 Å². The van der Waals surface area contributed by atoms with Crippen LogP contribution in [0.25, 0.3) is 11.4 Å². The van der Waals surface area contributed by atoms with Gasteiger partial charge in [-0.2, -0.15) is 5.10 Å². The van der Waals surface area contributed by atoms with Crippen molar-refractivity contribution in [3.8, 4) is 17.1 Å². The Balaban J connectivity index is 1.62. The van der Waals surface area contributed by atoms with Gasteiger partial charge in [0.1, 0.15) is 24.8 Å². The van der Waals surface area contributed by atoms with Gasteiger partial charge in [0.05, 0.1) is 19.1 Å². The van der Waals surface area contributed by atoms with Gasteiger partial charge in [-0.05, 0) is 31.5 Å². The molecule has 2 bridgehead atoms. The normalized spacial score (nSPS) is 17.3. The average Bonchev–Trinajstić information content (AvgIpc) is 3.35. The van der Waals surface area contributed by atoms with Gasteiger partial charge in [0.2, 0.25) is 11.8 Å². The second-order valence-corrected chi connectivity index (χ2v) is 8.91. The molecule has 0 radical (unpaired) electrons. The quantitative estimate of drug-likeness (QED) is 0.539. The number of ether oxygens (including phenoxy) is 2. The smallest absolute Gasteiger partial charge is 0.251 e. The standard InChI is InChI=1S/C27H32N6O5/c1-19-26-30-25(20-8-4-3-5-9-20)31-33(26)14-15-38-22-11-6-10-21(16-22)27(36)28-12-7-13-32(17-23(34)29-19)24(35)18-37-2/h3-6,8-11,16,19H,7,12-15,17-18H2,1-2H3,(H,28,36)(H,29,34)/t19-/m0/s1. The Morgan fingerprint density at radius 1 is 1.11 bits per heavy atom. The summed E-state index contributed by atoms with van der Waals surface area (Å²) in [6.07, 6.45) is 0.467. The van der Waals surface area contributed by atoms with Gasteiger partial charge in [0.25, 0.3) is 5.91 Å². The van der Waals surface area contributed by atoms with Crippen molar-refractivity contribution in [1.29, 1.82) is 0 Å². The first-order valence-electron chi connectivity index (χ1n) is 12.5. The predicted molar refractivity (Wildman–Crippen MR) is 139 cm³/mol. The third-order valence-electron chi connectivity index (χ3n) is 6.01. The fourth-order valence-corrected chi connectivity index (χ4v) is 4.13. The molecule has 0 aliphatic carbocycles. The first-order chi connectivity index (χ1) is 18.4. The maximum Gasteiger partial charge on any atom is 0.251 e. The van der Waals surface area contributed by atoms with Crippen LogP contribution in [-0.2, 0) is 20.9 Å². The fraction of sp³-hybridized carbons (Fsp3) is 0.370. The van der Waals surface area contributed by atoms with E-state index >= 15 is 0 Å². The lowest BCUT2D eigenvalue weighted by atomic mass is 10.2. The van der Waals surface area contributed by atoms with E-state index in [1.165, 1.54) is 12.0 Å². The molecule has 3 aromatic rings. The number of rotatable bonds is 3. The zero-order valence-corrected chi connectivity index (χ0v) is 21.6. The van der Waals surface area contributed by atoms with Crippen molar-refractivity contribution in [2.24, 2.45) is 0 Å². The van der Waals surface area contributed by atoms with E-state index in [2.05, 4.69) is 15.7 Å². The molecule has 1 aliphatic heterocycles. The number of nitrogens with one attached hydrogen (secondary N) is 2. The molecule has 0 unspecified atom stereocenters. The highest BCUT2D eigenvalue weighted by Gasteiger charge is 2.22. The first kappa shape index (κ1) is 26.8. The molecule has 0 spiro atoms. The number of nitrogens with zero attached hydrogens (tertiary/aromatic N) is 4. The van der Waals surface area contributed by atoms with Crippen molar-refractivity contribution >= 4 is 17.7 Å². The van der Waals surface area contributed by atoms with Crippen molar-refractivity contribution in [3.63, 3.8) is 0 Å². The van der Waals surface area contributed by atoms with Gasteiger partial charge in [0.15, 0.2) is 5.82 Å². The number of carbonyl (C=O) groups excluding carboxylic acids is 3. The summed E-state index contributed by atoms with van der Waals surface area (Å²) in [6, 6.07) is 16.0. The maximum atomic E-state index is 13.0. The minimum atomic E-state index is -0.478. The molecule has 200 valence electrons. The van der Waals surface area contributed by atoms with Crippen molar-refractivity contribution in [1.82, 2.24) is 30.3 Å². The van der Waals surface area contributed by atoms with Crippen molar-refractivity contribution in [2.75, 3.05) is 40.0 Å². The summed E-state index contributed by atoms with van der Waals surface area (Å²) in [5.41, 5.74) is 1.32. The number of fused-ring (bicyclic) bond motifs is 3. The molecule has 1 aromatic heterocycles. The summed E-state index contributed by atoms with van der Waals surface area (Å²) in [5.74, 6) is 0.753. The highest BCUT2D eigenvalue weighted by Crippen LogP contribution is 2.20. The van der Waals surface area contributed by atoms with Crippen LogP contribution in [-0.4, -0.2) is 77.3 Å². The van der Waals surface area contributed by atoms with Crippen LogP contribution in [0.3, 0.4) is 0 Å².